The minimum Gasteiger partial charge on any atom is -0.481 e. The Hall–Kier alpha value is -4.48. The molecule has 1 saturated heterocycles. The number of anilines is 1. The largest absolute Gasteiger partial charge is 0.481 e. The monoisotopic (exact) mass is 682 g/mol. The molecule has 256 valence electrons. The van der Waals surface area contributed by atoms with E-state index < -0.39 is 12.3 Å². The Labute approximate surface area is 291 Å². The molecule has 0 saturated carbocycles. The van der Waals surface area contributed by atoms with E-state index in [9.17, 15) is 19.5 Å². The SMILES string of the molecule is CC(=O)Nc1ccc(SCC2CC(c3ccc(CO)cc3)OC(c3ccc(-c4cccc(CNC(=O)CCCCC(=O)O)c4)cc3)O2)cc1. The predicted octanol–water partition coefficient (Wildman–Crippen LogP) is 7.40. The Morgan fingerprint density at radius 3 is 2.22 bits per heavy atom. The molecule has 49 heavy (non-hydrogen) atoms. The quantitative estimate of drug-likeness (QED) is 0.0753. The third-order valence-electron chi connectivity index (χ3n) is 8.20. The van der Waals surface area contributed by atoms with Crippen LogP contribution >= 0.6 is 11.8 Å². The number of unbranched alkanes of at least 4 members (excludes halogenated alkanes) is 1. The van der Waals surface area contributed by atoms with E-state index in [1.165, 1.54) is 6.92 Å². The lowest BCUT2D eigenvalue weighted by atomic mass is 9.99. The lowest BCUT2D eigenvalue weighted by Crippen LogP contribution is -2.31. The zero-order valence-electron chi connectivity index (χ0n) is 27.5. The third-order valence-corrected chi connectivity index (χ3v) is 9.35. The van der Waals surface area contributed by atoms with Gasteiger partial charge < -0.3 is 30.3 Å². The standard InChI is InChI=1S/C39H42N2O7S/c1-26(43)41-33-17-19-35(20-18-33)49-25-34-22-36(30-11-9-27(24-42)10-12-30)48-39(47-34)31-15-13-29(14-16-31)32-6-4-5-28(21-32)23-40-37(44)7-2-3-8-38(45)46/h4-6,9-21,34,36,39,42H,2-3,7-8,22-25H2,1H3,(H,40,44)(H,41,43)(H,45,46). The summed E-state index contributed by atoms with van der Waals surface area (Å²) < 4.78 is 13.1. The van der Waals surface area contributed by atoms with Crippen LogP contribution in [0.1, 0.15) is 73.7 Å². The predicted molar refractivity (Wildman–Crippen MR) is 190 cm³/mol. The summed E-state index contributed by atoms with van der Waals surface area (Å²) in [6, 6.07) is 31.7. The first-order chi connectivity index (χ1) is 23.7. The van der Waals surface area contributed by atoms with Crippen molar-refractivity contribution >= 4 is 35.2 Å². The molecular weight excluding hydrogens is 641 g/mol. The maximum Gasteiger partial charge on any atom is 0.303 e. The van der Waals surface area contributed by atoms with Crippen LogP contribution in [0, 0.1) is 0 Å². The van der Waals surface area contributed by atoms with Crippen LogP contribution in [0.5, 0.6) is 0 Å². The summed E-state index contributed by atoms with van der Waals surface area (Å²) in [7, 11) is 0. The third kappa shape index (κ3) is 11.0. The van der Waals surface area contributed by atoms with E-state index in [1.807, 2.05) is 91.0 Å². The van der Waals surface area contributed by atoms with Crippen molar-refractivity contribution in [1.82, 2.24) is 5.32 Å². The molecule has 4 aromatic carbocycles. The van der Waals surface area contributed by atoms with Crippen LogP contribution in [0.4, 0.5) is 5.69 Å². The number of carbonyl (C=O) groups is 3. The molecule has 0 spiro atoms. The first kappa shape index (κ1) is 35.8. The molecule has 4 aromatic rings. The average Bonchev–Trinajstić information content (AvgIpc) is 3.12. The van der Waals surface area contributed by atoms with E-state index in [2.05, 4.69) is 16.7 Å². The highest BCUT2D eigenvalue weighted by molar-refractivity contribution is 7.99. The Kier molecular flexibility index (Phi) is 13.0. The first-order valence-corrected chi connectivity index (χ1v) is 17.4. The molecule has 1 aliphatic heterocycles. The van der Waals surface area contributed by atoms with Gasteiger partial charge in [-0.2, -0.15) is 0 Å². The van der Waals surface area contributed by atoms with Gasteiger partial charge in [0.05, 0.1) is 18.8 Å². The van der Waals surface area contributed by atoms with E-state index in [4.69, 9.17) is 14.6 Å². The number of aliphatic hydroxyl groups excluding tert-OH is 1. The summed E-state index contributed by atoms with van der Waals surface area (Å²) in [5, 5.41) is 24.0. The second-order valence-corrected chi connectivity index (χ2v) is 13.2. The lowest BCUT2D eigenvalue weighted by Gasteiger charge is -2.36. The number of ether oxygens (including phenoxy) is 2. The highest BCUT2D eigenvalue weighted by Gasteiger charge is 2.32. The van der Waals surface area contributed by atoms with Crippen molar-refractivity contribution in [1.29, 1.82) is 0 Å². The Morgan fingerprint density at radius 2 is 1.53 bits per heavy atom. The summed E-state index contributed by atoms with van der Waals surface area (Å²) >= 11 is 1.69. The van der Waals surface area contributed by atoms with Gasteiger partial charge in [-0.15, -0.1) is 11.8 Å². The van der Waals surface area contributed by atoms with Crippen LogP contribution in [-0.2, 0) is 37.0 Å². The van der Waals surface area contributed by atoms with E-state index in [0.717, 1.165) is 44.0 Å². The summed E-state index contributed by atoms with van der Waals surface area (Å²) in [6.07, 6.45) is 1.23. The number of hydrogen-bond acceptors (Lipinski definition) is 7. The maximum atomic E-state index is 12.2. The molecule has 3 atom stereocenters. The number of aliphatic carboxylic acids is 1. The van der Waals surface area contributed by atoms with Gasteiger partial charge in [-0.05, 0) is 71.0 Å². The molecule has 3 unspecified atom stereocenters. The maximum absolute atomic E-state index is 12.2. The fourth-order valence-corrected chi connectivity index (χ4v) is 6.52. The van der Waals surface area contributed by atoms with Gasteiger partial charge in [-0.25, -0.2) is 0 Å². The number of carboxylic acids is 1. The summed E-state index contributed by atoms with van der Waals surface area (Å²) in [5.74, 6) is -0.326. The Balaban J connectivity index is 1.24. The van der Waals surface area contributed by atoms with Gasteiger partial charge >= 0.3 is 5.97 Å². The molecule has 1 aliphatic rings. The highest BCUT2D eigenvalue weighted by atomic mass is 32.2. The number of carboxylic acid groups (broad SMARTS) is 1. The molecule has 4 N–H and O–H groups in total. The van der Waals surface area contributed by atoms with Crippen molar-refractivity contribution in [2.45, 2.75) is 75.6 Å². The minimum atomic E-state index is -0.846. The number of carbonyl (C=O) groups excluding carboxylic acids is 2. The molecule has 0 radical (unpaired) electrons. The van der Waals surface area contributed by atoms with Crippen molar-refractivity contribution in [2.24, 2.45) is 0 Å². The molecular formula is C39H42N2O7S. The van der Waals surface area contributed by atoms with Crippen molar-refractivity contribution in [3.8, 4) is 11.1 Å². The van der Waals surface area contributed by atoms with Gasteiger partial charge in [0.2, 0.25) is 11.8 Å². The molecule has 10 heteroatoms. The summed E-state index contributed by atoms with van der Waals surface area (Å²) in [5.41, 5.74) is 6.55. The molecule has 0 bridgehead atoms. The number of benzene rings is 4. The van der Waals surface area contributed by atoms with Gasteiger partial charge in [0.15, 0.2) is 6.29 Å². The van der Waals surface area contributed by atoms with Gasteiger partial charge in [-0.3, -0.25) is 14.4 Å². The normalized spacial score (nSPS) is 17.3. The van der Waals surface area contributed by atoms with Crippen molar-refractivity contribution in [3.63, 3.8) is 0 Å². The second kappa shape index (κ2) is 17.8. The van der Waals surface area contributed by atoms with Crippen LogP contribution in [0.25, 0.3) is 11.1 Å². The molecule has 0 aliphatic carbocycles. The average molecular weight is 683 g/mol. The molecule has 5 rings (SSSR count). The number of rotatable bonds is 15. The zero-order valence-corrected chi connectivity index (χ0v) is 28.3. The van der Waals surface area contributed by atoms with Crippen LogP contribution in [0.15, 0.2) is 102 Å². The van der Waals surface area contributed by atoms with Crippen molar-refractivity contribution in [3.05, 3.63) is 119 Å². The van der Waals surface area contributed by atoms with Crippen LogP contribution < -0.4 is 10.6 Å². The fraction of sp³-hybridized carbons (Fsp3) is 0.308. The minimum absolute atomic E-state index is 0.0163. The van der Waals surface area contributed by atoms with Crippen LogP contribution in [0.2, 0.25) is 0 Å². The van der Waals surface area contributed by atoms with E-state index in [0.29, 0.717) is 38.0 Å². The Bertz CT molecular complexity index is 1690. The van der Waals surface area contributed by atoms with E-state index in [-0.39, 0.29) is 37.0 Å². The second-order valence-electron chi connectivity index (χ2n) is 12.1. The summed E-state index contributed by atoms with van der Waals surface area (Å²) in [6.45, 7) is 1.87. The van der Waals surface area contributed by atoms with E-state index in [1.54, 1.807) is 11.8 Å². The summed E-state index contributed by atoms with van der Waals surface area (Å²) in [4.78, 5) is 35.3. The topological polar surface area (TPSA) is 134 Å². The van der Waals surface area contributed by atoms with Gasteiger partial charge in [0.1, 0.15) is 0 Å². The number of amides is 2. The van der Waals surface area contributed by atoms with Crippen molar-refractivity contribution < 1.29 is 34.1 Å². The van der Waals surface area contributed by atoms with Gasteiger partial charge in [-0.1, -0.05) is 66.7 Å². The van der Waals surface area contributed by atoms with Gasteiger partial charge in [0, 0.05) is 54.6 Å². The molecule has 1 fully saturated rings. The number of hydrogen-bond donors (Lipinski definition) is 4. The number of nitrogens with one attached hydrogen (secondary N) is 2. The van der Waals surface area contributed by atoms with Crippen LogP contribution in [0.3, 0.4) is 0 Å². The molecule has 1 heterocycles. The molecule has 9 nitrogen and oxygen atoms in total. The van der Waals surface area contributed by atoms with E-state index >= 15 is 0 Å². The smallest absolute Gasteiger partial charge is 0.303 e. The lowest BCUT2D eigenvalue weighted by molar-refractivity contribution is -0.245. The molecule has 0 aromatic heterocycles. The number of aliphatic hydroxyl groups is 1. The van der Waals surface area contributed by atoms with Crippen molar-refractivity contribution in [2.75, 3.05) is 11.1 Å². The molecule has 2 amide bonds. The number of thioether (sulfide) groups is 1. The zero-order chi connectivity index (χ0) is 34.6. The first-order valence-electron chi connectivity index (χ1n) is 16.4. The van der Waals surface area contributed by atoms with Crippen LogP contribution in [-0.4, -0.2) is 39.9 Å². The Morgan fingerprint density at radius 1 is 0.816 bits per heavy atom. The highest BCUT2D eigenvalue weighted by Crippen LogP contribution is 2.40. The van der Waals surface area contributed by atoms with Gasteiger partial charge in [0.25, 0.3) is 0 Å². The fourth-order valence-electron chi connectivity index (χ4n) is 5.59.